The van der Waals surface area contributed by atoms with Crippen molar-refractivity contribution in [3.8, 4) is 11.5 Å². The van der Waals surface area contributed by atoms with Crippen LogP contribution in [0, 0.1) is 0 Å². The van der Waals surface area contributed by atoms with E-state index in [2.05, 4.69) is 14.9 Å². The number of nitrogens with one attached hydrogen (secondary N) is 1. The molecular weight excluding hydrogens is 346 g/mol. The lowest BCUT2D eigenvalue weighted by atomic mass is 10.1. The Labute approximate surface area is 156 Å². The van der Waals surface area contributed by atoms with E-state index in [0.29, 0.717) is 36.8 Å². The molecular formula is C20H21N3O4. The third-order valence-corrected chi connectivity index (χ3v) is 4.70. The van der Waals surface area contributed by atoms with Gasteiger partial charge in [-0.15, -0.1) is 0 Å². The Bertz CT molecular complexity index is 996. The molecule has 27 heavy (non-hydrogen) atoms. The number of hydrogen-bond donors (Lipinski definition) is 1. The standard InChI is InChI=1S/C20H21N3O4/c1-25-17-5-3-4-14(19(17)26-2)11-21-20(24)13-6-7-16-15(10-13)22-18-12-27-9-8-23(16)18/h3-7,10H,8-9,11-12H2,1-2H3,(H,21,24). The fraction of sp³-hybridized carbons (Fsp3) is 0.300. The SMILES string of the molecule is COc1cccc(CNC(=O)c2ccc3c(c2)nc2n3CCOC2)c1OC. The number of fused-ring (bicyclic) bond motifs is 3. The third kappa shape index (κ3) is 3.21. The molecule has 0 saturated heterocycles. The molecule has 1 aromatic heterocycles. The summed E-state index contributed by atoms with van der Waals surface area (Å²) in [4.78, 5) is 17.2. The number of benzene rings is 2. The Morgan fingerprint density at radius 1 is 1.26 bits per heavy atom. The Balaban J connectivity index is 1.53. The number of rotatable bonds is 5. The van der Waals surface area contributed by atoms with Crippen molar-refractivity contribution in [2.45, 2.75) is 19.7 Å². The zero-order valence-corrected chi connectivity index (χ0v) is 15.3. The van der Waals surface area contributed by atoms with Crippen LogP contribution in [-0.4, -0.2) is 36.3 Å². The van der Waals surface area contributed by atoms with Crippen molar-refractivity contribution in [1.29, 1.82) is 0 Å². The van der Waals surface area contributed by atoms with Gasteiger partial charge in [0.25, 0.3) is 5.91 Å². The molecule has 2 aromatic carbocycles. The first-order chi connectivity index (χ1) is 13.2. The van der Waals surface area contributed by atoms with Crippen molar-refractivity contribution in [3.63, 3.8) is 0 Å². The number of imidazole rings is 1. The van der Waals surface area contributed by atoms with Gasteiger partial charge in [0.05, 0.1) is 31.9 Å². The van der Waals surface area contributed by atoms with E-state index in [0.717, 1.165) is 29.0 Å². The van der Waals surface area contributed by atoms with Crippen LogP contribution in [0.2, 0.25) is 0 Å². The van der Waals surface area contributed by atoms with Gasteiger partial charge in [0.2, 0.25) is 0 Å². The molecule has 0 bridgehead atoms. The number of amides is 1. The van der Waals surface area contributed by atoms with Crippen molar-refractivity contribution in [2.75, 3.05) is 20.8 Å². The molecule has 4 rings (SSSR count). The normalized spacial score (nSPS) is 13.3. The van der Waals surface area contributed by atoms with Crippen LogP contribution in [0.15, 0.2) is 36.4 Å². The predicted octanol–water partition coefficient (Wildman–Crippen LogP) is 2.51. The van der Waals surface area contributed by atoms with Gasteiger partial charge in [-0.05, 0) is 24.3 Å². The van der Waals surface area contributed by atoms with E-state index in [4.69, 9.17) is 14.2 Å². The molecule has 7 heteroatoms. The summed E-state index contributed by atoms with van der Waals surface area (Å²) in [6.45, 7) is 2.31. The number of hydrogen-bond acceptors (Lipinski definition) is 5. The Morgan fingerprint density at radius 3 is 2.96 bits per heavy atom. The molecule has 0 spiro atoms. The zero-order chi connectivity index (χ0) is 18.8. The maximum Gasteiger partial charge on any atom is 0.251 e. The van der Waals surface area contributed by atoms with Gasteiger partial charge in [-0.1, -0.05) is 12.1 Å². The van der Waals surface area contributed by atoms with E-state index in [-0.39, 0.29) is 5.91 Å². The summed E-state index contributed by atoms with van der Waals surface area (Å²) >= 11 is 0. The van der Waals surface area contributed by atoms with Gasteiger partial charge in [-0.2, -0.15) is 0 Å². The van der Waals surface area contributed by atoms with Gasteiger partial charge < -0.3 is 24.1 Å². The number of carbonyl (C=O) groups is 1. The van der Waals surface area contributed by atoms with Crippen LogP contribution in [0.4, 0.5) is 0 Å². The number of nitrogens with zero attached hydrogens (tertiary/aromatic N) is 2. The van der Waals surface area contributed by atoms with Crippen molar-refractivity contribution >= 4 is 16.9 Å². The first kappa shape index (κ1) is 17.4. The number of methoxy groups -OCH3 is 2. The lowest BCUT2D eigenvalue weighted by Gasteiger charge is -2.14. The van der Waals surface area contributed by atoms with E-state index in [1.165, 1.54) is 0 Å². The third-order valence-electron chi connectivity index (χ3n) is 4.70. The number of aromatic nitrogens is 2. The van der Waals surface area contributed by atoms with E-state index >= 15 is 0 Å². The summed E-state index contributed by atoms with van der Waals surface area (Å²) in [6, 6.07) is 11.2. The van der Waals surface area contributed by atoms with Crippen molar-refractivity contribution in [3.05, 3.63) is 53.3 Å². The van der Waals surface area contributed by atoms with Crippen LogP contribution in [0.1, 0.15) is 21.7 Å². The van der Waals surface area contributed by atoms with E-state index in [1.54, 1.807) is 14.2 Å². The van der Waals surface area contributed by atoms with Crippen LogP contribution in [-0.2, 0) is 24.4 Å². The van der Waals surface area contributed by atoms with Crippen LogP contribution >= 0.6 is 0 Å². The second-order valence-electron chi connectivity index (χ2n) is 6.27. The second-order valence-corrected chi connectivity index (χ2v) is 6.27. The average molecular weight is 367 g/mol. The molecule has 1 amide bonds. The molecule has 1 aliphatic rings. The highest BCUT2D eigenvalue weighted by molar-refractivity contribution is 5.97. The summed E-state index contributed by atoms with van der Waals surface area (Å²) in [5.74, 6) is 1.99. The predicted molar refractivity (Wildman–Crippen MR) is 100 cm³/mol. The van der Waals surface area contributed by atoms with Gasteiger partial charge in [0.1, 0.15) is 12.4 Å². The van der Waals surface area contributed by atoms with Gasteiger partial charge in [-0.3, -0.25) is 4.79 Å². The molecule has 0 aliphatic carbocycles. The minimum atomic E-state index is -0.163. The summed E-state index contributed by atoms with van der Waals surface area (Å²) < 4.78 is 18.3. The fourth-order valence-corrected chi connectivity index (χ4v) is 3.37. The lowest BCUT2D eigenvalue weighted by Crippen LogP contribution is -2.23. The van der Waals surface area contributed by atoms with Crippen LogP contribution in [0.25, 0.3) is 11.0 Å². The highest BCUT2D eigenvalue weighted by Crippen LogP contribution is 2.30. The second kappa shape index (κ2) is 7.28. The van der Waals surface area contributed by atoms with Gasteiger partial charge >= 0.3 is 0 Å². The molecule has 140 valence electrons. The van der Waals surface area contributed by atoms with Crippen LogP contribution in [0.3, 0.4) is 0 Å². The molecule has 0 atom stereocenters. The van der Waals surface area contributed by atoms with Gasteiger partial charge in [0.15, 0.2) is 11.5 Å². The Hall–Kier alpha value is -3.06. The molecule has 1 N–H and O–H groups in total. The maximum absolute atomic E-state index is 12.6. The van der Waals surface area contributed by atoms with Gasteiger partial charge in [-0.25, -0.2) is 4.98 Å². The molecule has 0 fully saturated rings. The van der Waals surface area contributed by atoms with Crippen LogP contribution < -0.4 is 14.8 Å². The summed E-state index contributed by atoms with van der Waals surface area (Å²) in [7, 11) is 3.17. The van der Waals surface area contributed by atoms with E-state index < -0.39 is 0 Å². The van der Waals surface area contributed by atoms with E-state index in [1.807, 2.05) is 36.4 Å². The summed E-state index contributed by atoms with van der Waals surface area (Å²) in [5.41, 5.74) is 3.25. The smallest absolute Gasteiger partial charge is 0.251 e. The lowest BCUT2D eigenvalue weighted by molar-refractivity contribution is 0.0830. The number of carbonyl (C=O) groups excluding carboxylic acids is 1. The largest absolute Gasteiger partial charge is 0.493 e. The summed E-state index contributed by atoms with van der Waals surface area (Å²) in [6.07, 6.45) is 0. The quantitative estimate of drug-likeness (QED) is 0.750. The molecule has 7 nitrogen and oxygen atoms in total. The fourth-order valence-electron chi connectivity index (χ4n) is 3.37. The van der Waals surface area contributed by atoms with Gasteiger partial charge in [0, 0.05) is 24.2 Å². The Kier molecular flexibility index (Phi) is 4.68. The van der Waals surface area contributed by atoms with Crippen LogP contribution in [0.5, 0.6) is 11.5 Å². The van der Waals surface area contributed by atoms with Crippen molar-refractivity contribution < 1.29 is 19.0 Å². The topological polar surface area (TPSA) is 74.6 Å². The molecule has 1 aliphatic heterocycles. The average Bonchev–Trinajstić information content (AvgIpc) is 3.09. The monoisotopic (exact) mass is 367 g/mol. The minimum absolute atomic E-state index is 0.163. The highest BCUT2D eigenvalue weighted by atomic mass is 16.5. The maximum atomic E-state index is 12.6. The molecule has 0 saturated carbocycles. The highest BCUT2D eigenvalue weighted by Gasteiger charge is 2.17. The molecule has 3 aromatic rings. The zero-order valence-electron chi connectivity index (χ0n) is 15.3. The molecule has 0 radical (unpaired) electrons. The first-order valence-corrected chi connectivity index (χ1v) is 8.76. The Morgan fingerprint density at radius 2 is 2.15 bits per heavy atom. The number of para-hydroxylation sites is 1. The molecule has 2 heterocycles. The number of ether oxygens (including phenoxy) is 3. The van der Waals surface area contributed by atoms with Crippen molar-refractivity contribution in [1.82, 2.24) is 14.9 Å². The minimum Gasteiger partial charge on any atom is -0.493 e. The summed E-state index contributed by atoms with van der Waals surface area (Å²) in [5, 5.41) is 2.93. The van der Waals surface area contributed by atoms with Crippen molar-refractivity contribution in [2.24, 2.45) is 0 Å². The first-order valence-electron chi connectivity index (χ1n) is 8.76. The van der Waals surface area contributed by atoms with E-state index in [9.17, 15) is 4.79 Å². The molecule has 0 unspecified atom stereocenters.